The lowest BCUT2D eigenvalue weighted by Gasteiger charge is -2.26. The number of ether oxygens (including phenoxy) is 2. The number of nitrogens with zero attached hydrogens (tertiary/aromatic N) is 2. The van der Waals surface area contributed by atoms with Crippen LogP contribution in [0.5, 0.6) is 5.75 Å². The van der Waals surface area contributed by atoms with Crippen LogP contribution >= 0.6 is 11.3 Å². The summed E-state index contributed by atoms with van der Waals surface area (Å²) in [7, 11) is 0. The number of likely N-dealkylation sites (tertiary alicyclic amines) is 1. The molecule has 5 rings (SSSR count). The van der Waals surface area contributed by atoms with Crippen LogP contribution in [0.2, 0.25) is 0 Å². The van der Waals surface area contributed by atoms with E-state index in [0.717, 1.165) is 24.6 Å². The van der Waals surface area contributed by atoms with Gasteiger partial charge in [-0.25, -0.2) is 0 Å². The zero-order chi connectivity index (χ0) is 25.8. The molecule has 0 bridgehead atoms. The van der Waals surface area contributed by atoms with E-state index in [0.29, 0.717) is 58.1 Å². The van der Waals surface area contributed by atoms with Gasteiger partial charge < -0.3 is 14.4 Å². The summed E-state index contributed by atoms with van der Waals surface area (Å²) in [4.78, 5) is 43.1. The van der Waals surface area contributed by atoms with E-state index in [9.17, 15) is 14.4 Å². The summed E-state index contributed by atoms with van der Waals surface area (Å²) in [6, 6.07) is 16.5. The van der Waals surface area contributed by atoms with Crippen LogP contribution in [0.1, 0.15) is 46.2 Å². The number of rotatable bonds is 9. The predicted molar refractivity (Wildman–Crippen MR) is 146 cm³/mol. The Labute approximate surface area is 219 Å². The highest BCUT2D eigenvalue weighted by molar-refractivity contribution is 7.22. The van der Waals surface area contributed by atoms with Gasteiger partial charge in [-0.2, -0.15) is 0 Å². The number of ketones is 1. The first kappa shape index (κ1) is 25.2. The second-order valence-electron chi connectivity index (χ2n) is 9.06. The third kappa shape index (κ3) is 5.04. The monoisotopic (exact) mass is 518 g/mol. The average Bonchev–Trinajstić information content (AvgIpc) is 3.33. The van der Waals surface area contributed by atoms with Crippen LogP contribution in [0.4, 0.5) is 0 Å². The molecule has 37 heavy (non-hydrogen) atoms. The van der Waals surface area contributed by atoms with Gasteiger partial charge in [0.25, 0.3) is 11.5 Å². The van der Waals surface area contributed by atoms with E-state index in [1.54, 1.807) is 24.3 Å². The fourth-order valence-corrected chi connectivity index (χ4v) is 6.07. The molecule has 2 aromatic carbocycles. The number of fused-ring (bicyclic) bond motifs is 3. The Kier molecular flexibility index (Phi) is 7.67. The normalized spacial score (nSPS) is 13.8. The lowest BCUT2D eigenvalue weighted by atomic mass is 10.1. The molecule has 3 heterocycles. The summed E-state index contributed by atoms with van der Waals surface area (Å²) >= 11 is 1.30. The minimum absolute atomic E-state index is 0.108. The van der Waals surface area contributed by atoms with Gasteiger partial charge in [0.2, 0.25) is 0 Å². The van der Waals surface area contributed by atoms with Crippen LogP contribution in [0.25, 0.3) is 21.0 Å². The molecular formula is C29H30N2O5S. The molecule has 0 saturated carbocycles. The molecule has 8 heteroatoms. The highest BCUT2D eigenvalue weighted by Gasteiger charge is 2.29. The first-order valence-corrected chi connectivity index (χ1v) is 13.6. The maximum atomic E-state index is 14.0. The van der Waals surface area contributed by atoms with Gasteiger partial charge in [-0.05, 0) is 32.3 Å². The molecule has 1 fully saturated rings. The van der Waals surface area contributed by atoms with Crippen LogP contribution in [0.3, 0.4) is 0 Å². The fourth-order valence-electron chi connectivity index (χ4n) is 4.83. The minimum atomic E-state index is -0.335. The highest BCUT2D eigenvalue weighted by Crippen LogP contribution is 2.40. The van der Waals surface area contributed by atoms with Gasteiger partial charge in [-0.15, -0.1) is 11.3 Å². The van der Waals surface area contributed by atoms with Crippen molar-refractivity contribution in [1.82, 2.24) is 9.47 Å². The van der Waals surface area contributed by atoms with Gasteiger partial charge in [0, 0.05) is 30.6 Å². The van der Waals surface area contributed by atoms with Crippen molar-refractivity contribution < 1.29 is 19.1 Å². The lowest BCUT2D eigenvalue weighted by molar-refractivity contribution is 0.0720. The molecule has 192 valence electrons. The molecule has 0 radical (unpaired) electrons. The summed E-state index contributed by atoms with van der Waals surface area (Å²) in [6.07, 6.45) is 3.04. The Morgan fingerprint density at radius 1 is 0.946 bits per heavy atom. The zero-order valence-electron chi connectivity index (χ0n) is 20.9. The van der Waals surface area contributed by atoms with E-state index >= 15 is 0 Å². The Hall–Kier alpha value is -3.49. The summed E-state index contributed by atoms with van der Waals surface area (Å²) in [5, 5.41) is 1.16. The van der Waals surface area contributed by atoms with E-state index in [-0.39, 0.29) is 30.4 Å². The van der Waals surface area contributed by atoms with Crippen molar-refractivity contribution in [3.05, 3.63) is 75.4 Å². The number of carbonyl (C=O) groups is 2. The molecule has 0 aliphatic carbocycles. The third-order valence-electron chi connectivity index (χ3n) is 6.68. The second-order valence-corrected chi connectivity index (χ2v) is 10.1. The van der Waals surface area contributed by atoms with Crippen molar-refractivity contribution >= 4 is 44.0 Å². The van der Waals surface area contributed by atoms with Gasteiger partial charge in [0.05, 0.1) is 23.4 Å². The topological polar surface area (TPSA) is 77.8 Å². The molecule has 0 atom stereocenters. The standard InChI is InChI=1S/C29H30N2O5S/c1-2-35-17-18-36-25-24-26(37-27(25)29(34)30-15-9-4-10-16-30)21-13-7-8-14-22(21)31(28(24)33)19-23(32)20-11-5-3-6-12-20/h3,5-8,11-14H,2,4,9-10,15-19H2,1H3. The number of piperidine rings is 1. The number of pyridine rings is 1. The minimum Gasteiger partial charge on any atom is -0.489 e. The number of benzene rings is 2. The second kappa shape index (κ2) is 11.3. The Morgan fingerprint density at radius 2 is 1.68 bits per heavy atom. The van der Waals surface area contributed by atoms with Crippen LogP contribution < -0.4 is 10.3 Å². The van der Waals surface area contributed by atoms with Gasteiger partial charge >= 0.3 is 0 Å². The lowest BCUT2D eigenvalue weighted by Crippen LogP contribution is -2.35. The number of Topliss-reactive ketones (excluding diaryl/α,β-unsaturated/α-hetero) is 1. The predicted octanol–water partition coefficient (Wildman–Crippen LogP) is 5.14. The van der Waals surface area contributed by atoms with E-state index in [2.05, 4.69) is 0 Å². The molecule has 1 saturated heterocycles. The fraction of sp³-hybridized carbons (Fsp3) is 0.345. The number of amides is 1. The molecule has 4 aromatic rings. The highest BCUT2D eigenvalue weighted by atomic mass is 32.1. The first-order chi connectivity index (χ1) is 18.1. The summed E-state index contributed by atoms with van der Waals surface area (Å²) in [6.45, 7) is 4.30. The van der Waals surface area contributed by atoms with E-state index in [1.165, 1.54) is 15.9 Å². The Bertz CT molecular complexity index is 1490. The first-order valence-electron chi connectivity index (χ1n) is 12.8. The van der Waals surface area contributed by atoms with Crippen molar-refractivity contribution in [2.24, 2.45) is 0 Å². The van der Waals surface area contributed by atoms with Crippen molar-refractivity contribution in [3.63, 3.8) is 0 Å². The SMILES string of the molecule is CCOCCOc1c(C(=O)N2CCCCC2)sc2c1c(=O)n(CC(=O)c1ccccc1)c1ccccc21. The summed E-state index contributed by atoms with van der Waals surface area (Å²) < 4.78 is 13.8. The van der Waals surface area contributed by atoms with Gasteiger partial charge in [0.15, 0.2) is 11.5 Å². The molecule has 0 N–H and O–H groups in total. The van der Waals surface area contributed by atoms with Crippen molar-refractivity contribution in [1.29, 1.82) is 0 Å². The molecule has 1 amide bonds. The quantitative estimate of drug-likeness (QED) is 0.227. The van der Waals surface area contributed by atoms with Gasteiger partial charge in [0.1, 0.15) is 16.9 Å². The molecular weight excluding hydrogens is 488 g/mol. The summed E-state index contributed by atoms with van der Waals surface area (Å²) in [5.41, 5.74) is 0.861. The van der Waals surface area contributed by atoms with E-state index in [4.69, 9.17) is 9.47 Å². The smallest absolute Gasteiger partial charge is 0.267 e. The number of para-hydroxylation sites is 1. The largest absolute Gasteiger partial charge is 0.489 e. The van der Waals surface area contributed by atoms with E-state index in [1.807, 2.05) is 42.2 Å². The molecule has 2 aromatic heterocycles. The maximum absolute atomic E-state index is 14.0. The molecule has 0 unspecified atom stereocenters. The average molecular weight is 519 g/mol. The van der Waals surface area contributed by atoms with Crippen LogP contribution in [0.15, 0.2) is 59.4 Å². The van der Waals surface area contributed by atoms with Gasteiger partial charge in [-0.1, -0.05) is 48.5 Å². The number of hydrogen-bond donors (Lipinski definition) is 0. The number of hydrogen-bond acceptors (Lipinski definition) is 6. The van der Waals surface area contributed by atoms with Gasteiger partial charge in [-0.3, -0.25) is 19.0 Å². The van der Waals surface area contributed by atoms with Crippen LogP contribution in [-0.4, -0.2) is 54.1 Å². The molecule has 0 spiro atoms. The Balaban J connectivity index is 1.67. The summed E-state index contributed by atoms with van der Waals surface area (Å²) in [5.74, 6) is 0.0282. The molecule has 1 aliphatic rings. The van der Waals surface area contributed by atoms with Crippen LogP contribution in [-0.2, 0) is 11.3 Å². The van der Waals surface area contributed by atoms with Crippen LogP contribution in [0, 0.1) is 0 Å². The number of thiophene rings is 1. The number of aromatic nitrogens is 1. The molecule has 1 aliphatic heterocycles. The van der Waals surface area contributed by atoms with Crippen molar-refractivity contribution in [2.75, 3.05) is 32.9 Å². The van der Waals surface area contributed by atoms with Crippen molar-refractivity contribution in [2.45, 2.75) is 32.7 Å². The number of carbonyl (C=O) groups excluding carboxylic acids is 2. The third-order valence-corrected chi connectivity index (χ3v) is 7.87. The zero-order valence-corrected chi connectivity index (χ0v) is 21.7. The van der Waals surface area contributed by atoms with E-state index < -0.39 is 0 Å². The maximum Gasteiger partial charge on any atom is 0.267 e. The molecule has 7 nitrogen and oxygen atoms in total. The van der Waals surface area contributed by atoms with Crippen molar-refractivity contribution in [3.8, 4) is 5.75 Å². The Morgan fingerprint density at radius 3 is 2.43 bits per heavy atom.